The SMILES string of the molecule is CS(=O)(=O)c1ccc(Nc2ncc3cn(Cc4ccccc4)nc3n2)cc1. The van der Waals surface area contributed by atoms with Gasteiger partial charge in [0.15, 0.2) is 15.5 Å². The lowest BCUT2D eigenvalue weighted by molar-refractivity contribution is 0.602. The molecule has 136 valence electrons. The van der Waals surface area contributed by atoms with Gasteiger partial charge in [-0.1, -0.05) is 30.3 Å². The summed E-state index contributed by atoms with van der Waals surface area (Å²) < 4.78 is 24.9. The first-order valence-electron chi connectivity index (χ1n) is 8.29. The predicted molar refractivity (Wildman–Crippen MR) is 104 cm³/mol. The molecule has 4 rings (SSSR count). The molecule has 2 aromatic carbocycles. The summed E-state index contributed by atoms with van der Waals surface area (Å²) in [5.74, 6) is 0.402. The van der Waals surface area contributed by atoms with Crippen LogP contribution in [0.4, 0.5) is 11.6 Å². The first-order chi connectivity index (χ1) is 13.0. The van der Waals surface area contributed by atoms with Gasteiger partial charge in [-0.15, -0.1) is 0 Å². The van der Waals surface area contributed by atoms with Crippen molar-refractivity contribution in [1.29, 1.82) is 0 Å². The van der Waals surface area contributed by atoms with E-state index in [1.165, 1.54) is 6.26 Å². The maximum atomic E-state index is 11.5. The van der Waals surface area contributed by atoms with Crippen LogP contribution in [0.5, 0.6) is 0 Å². The molecule has 0 amide bonds. The fraction of sp³-hybridized carbons (Fsp3) is 0.105. The highest BCUT2D eigenvalue weighted by molar-refractivity contribution is 7.90. The number of hydrogen-bond donors (Lipinski definition) is 1. The third kappa shape index (κ3) is 3.95. The molecular weight excluding hydrogens is 362 g/mol. The summed E-state index contributed by atoms with van der Waals surface area (Å²) in [7, 11) is -3.22. The molecule has 2 aromatic heterocycles. The molecular formula is C19H17N5O2S. The van der Waals surface area contributed by atoms with Crippen molar-refractivity contribution < 1.29 is 8.42 Å². The molecule has 0 unspecified atom stereocenters. The normalized spacial score (nSPS) is 11.6. The maximum Gasteiger partial charge on any atom is 0.229 e. The highest BCUT2D eigenvalue weighted by Gasteiger charge is 2.08. The standard InChI is InChI=1S/C19H17N5O2S/c1-27(25,26)17-9-7-16(8-10-17)21-19-20-11-15-13-24(23-18(15)22-19)12-14-5-3-2-4-6-14/h2-11,13H,12H2,1H3,(H,21,22,23). The predicted octanol–water partition coefficient (Wildman–Crippen LogP) is 3.02. The van der Waals surface area contributed by atoms with Gasteiger partial charge in [-0.05, 0) is 29.8 Å². The molecule has 0 aliphatic rings. The number of rotatable bonds is 5. The summed E-state index contributed by atoms with van der Waals surface area (Å²) in [5, 5.41) is 8.42. The lowest BCUT2D eigenvalue weighted by atomic mass is 10.2. The van der Waals surface area contributed by atoms with E-state index in [-0.39, 0.29) is 4.90 Å². The van der Waals surface area contributed by atoms with Crippen molar-refractivity contribution >= 4 is 32.5 Å². The monoisotopic (exact) mass is 379 g/mol. The summed E-state index contributed by atoms with van der Waals surface area (Å²) in [6.07, 6.45) is 4.80. The summed E-state index contributed by atoms with van der Waals surface area (Å²) in [4.78, 5) is 9.00. The van der Waals surface area contributed by atoms with Crippen LogP contribution in [0.1, 0.15) is 5.56 Å². The first kappa shape index (κ1) is 17.2. The largest absolute Gasteiger partial charge is 0.324 e. The molecule has 4 aromatic rings. The summed E-state index contributed by atoms with van der Waals surface area (Å²) in [6.45, 7) is 0.660. The van der Waals surface area contributed by atoms with Crippen molar-refractivity contribution in [3.63, 3.8) is 0 Å². The van der Waals surface area contributed by atoms with Crippen LogP contribution in [0.15, 0.2) is 71.9 Å². The Kier molecular flexibility index (Phi) is 4.33. The third-order valence-corrected chi connectivity index (χ3v) is 5.16. The van der Waals surface area contributed by atoms with Crippen LogP contribution < -0.4 is 5.32 Å². The van der Waals surface area contributed by atoms with Gasteiger partial charge in [0, 0.05) is 24.3 Å². The molecule has 0 fully saturated rings. The first-order valence-corrected chi connectivity index (χ1v) is 10.2. The molecule has 8 heteroatoms. The lowest BCUT2D eigenvalue weighted by Crippen LogP contribution is -2.00. The molecule has 27 heavy (non-hydrogen) atoms. The molecule has 0 spiro atoms. The van der Waals surface area contributed by atoms with Gasteiger partial charge in [0.2, 0.25) is 5.95 Å². The van der Waals surface area contributed by atoms with Gasteiger partial charge < -0.3 is 5.32 Å². The van der Waals surface area contributed by atoms with E-state index in [1.807, 2.05) is 41.2 Å². The average molecular weight is 379 g/mol. The molecule has 0 atom stereocenters. The van der Waals surface area contributed by atoms with Crippen molar-refractivity contribution in [2.45, 2.75) is 11.4 Å². The third-order valence-electron chi connectivity index (χ3n) is 4.03. The van der Waals surface area contributed by atoms with Gasteiger partial charge in [-0.2, -0.15) is 10.1 Å². The molecule has 1 N–H and O–H groups in total. The van der Waals surface area contributed by atoms with E-state index in [9.17, 15) is 8.42 Å². The van der Waals surface area contributed by atoms with Crippen molar-refractivity contribution in [1.82, 2.24) is 19.7 Å². The number of nitrogens with one attached hydrogen (secondary N) is 1. The minimum atomic E-state index is -3.22. The van der Waals surface area contributed by atoms with E-state index in [1.54, 1.807) is 30.5 Å². The fourth-order valence-corrected chi connectivity index (χ4v) is 3.32. The van der Waals surface area contributed by atoms with Crippen LogP contribution in [-0.4, -0.2) is 34.4 Å². The van der Waals surface area contributed by atoms with Crippen molar-refractivity contribution in [2.75, 3.05) is 11.6 Å². The molecule has 0 saturated heterocycles. The second kappa shape index (κ2) is 6.81. The number of anilines is 2. The van der Waals surface area contributed by atoms with Crippen LogP contribution in [0.3, 0.4) is 0 Å². The Morgan fingerprint density at radius 3 is 2.48 bits per heavy atom. The smallest absolute Gasteiger partial charge is 0.229 e. The molecule has 0 radical (unpaired) electrons. The van der Waals surface area contributed by atoms with E-state index in [2.05, 4.69) is 20.4 Å². The second-order valence-corrected chi connectivity index (χ2v) is 8.22. The van der Waals surface area contributed by atoms with Gasteiger partial charge in [-0.25, -0.2) is 13.4 Å². The Morgan fingerprint density at radius 2 is 1.78 bits per heavy atom. The number of aromatic nitrogens is 4. The van der Waals surface area contributed by atoms with Crippen LogP contribution in [0.25, 0.3) is 11.0 Å². The number of nitrogens with zero attached hydrogens (tertiary/aromatic N) is 4. The Morgan fingerprint density at radius 1 is 1.04 bits per heavy atom. The van der Waals surface area contributed by atoms with Crippen LogP contribution in [-0.2, 0) is 16.4 Å². The summed E-state index contributed by atoms with van der Waals surface area (Å²) in [6, 6.07) is 16.5. The Labute approximate surface area is 156 Å². The van der Waals surface area contributed by atoms with E-state index < -0.39 is 9.84 Å². The van der Waals surface area contributed by atoms with E-state index >= 15 is 0 Å². The molecule has 0 saturated carbocycles. The average Bonchev–Trinajstić information content (AvgIpc) is 3.04. The van der Waals surface area contributed by atoms with Crippen LogP contribution >= 0.6 is 0 Å². The molecule has 0 bridgehead atoms. The van der Waals surface area contributed by atoms with E-state index in [0.29, 0.717) is 23.8 Å². The molecule has 2 heterocycles. The zero-order valence-electron chi connectivity index (χ0n) is 14.6. The van der Waals surface area contributed by atoms with Crippen molar-refractivity contribution in [3.05, 3.63) is 72.6 Å². The zero-order valence-corrected chi connectivity index (χ0v) is 15.4. The Bertz CT molecular complexity index is 1190. The quantitative estimate of drug-likeness (QED) is 0.573. The number of fused-ring (bicyclic) bond motifs is 1. The molecule has 0 aliphatic heterocycles. The van der Waals surface area contributed by atoms with Crippen LogP contribution in [0.2, 0.25) is 0 Å². The molecule has 7 nitrogen and oxygen atoms in total. The minimum Gasteiger partial charge on any atom is -0.324 e. The van der Waals surface area contributed by atoms with Gasteiger partial charge >= 0.3 is 0 Å². The van der Waals surface area contributed by atoms with Gasteiger partial charge in [0.1, 0.15) is 0 Å². The maximum absolute atomic E-state index is 11.5. The zero-order chi connectivity index (χ0) is 18.9. The second-order valence-electron chi connectivity index (χ2n) is 6.21. The summed E-state index contributed by atoms with van der Waals surface area (Å²) in [5.41, 5.74) is 2.45. The minimum absolute atomic E-state index is 0.268. The van der Waals surface area contributed by atoms with Crippen molar-refractivity contribution in [2.24, 2.45) is 0 Å². The number of benzene rings is 2. The van der Waals surface area contributed by atoms with Crippen LogP contribution in [0, 0.1) is 0 Å². The molecule has 0 aliphatic carbocycles. The Balaban J connectivity index is 1.54. The van der Waals surface area contributed by atoms with Gasteiger partial charge in [-0.3, -0.25) is 4.68 Å². The van der Waals surface area contributed by atoms with Crippen molar-refractivity contribution in [3.8, 4) is 0 Å². The van der Waals surface area contributed by atoms with Gasteiger partial charge in [0.25, 0.3) is 0 Å². The Hall–Kier alpha value is -3.26. The summed E-state index contributed by atoms with van der Waals surface area (Å²) >= 11 is 0. The lowest BCUT2D eigenvalue weighted by Gasteiger charge is -2.05. The highest BCUT2D eigenvalue weighted by Crippen LogP contribution is 2.18. The highest BCUT2D eigenvalue weighted by atomic mass is 32.2. The topological polar surface area (TPSA) is 89.8 Å². The fourth-order valence-electron chi connectivity index (χ4n) is 2.69. The number of hydrogen-bond acceptors (Lipinski definition) is 6. The van der Waals surface area contributed by atoms with E-state index in [4.69, 9.17) is 0 Å². The number of sulfone groups is 1. The van der Waals surface area contributed by atoms with Gasteiger partial charge in [0.05, 0.1) is 16.8 Å². The van der Waals surface area contributed by atoms with E-state index in [0.717, 1.165) is 10.9 Å².